The number of carbonyl (C=O) groups excluding carboxylic acids is 1. The molecule has 1 fully saturated rings. The van der Waals surface area contributed by atoms with Crippen LogP contribution in [0.1, 0.15) is 5.76 Å². The average Bonchev–Trinajstić information content (AvgIpc) is 2.96. The highest BCUT2D eigenvalue weighted by molar-refractivity contribution is 9.10. The van der Waals surface area contributed by atoms with Gasteiger partial charge in [0, 0.05) is 16.0 Å². The van der Waals surface area contributed by atoms with Crippen LogP contribution in [0.25, 0.3) is 6.08 Å². The third-order valence-corrected chi connectivity index (χ3v) is 5.01. The van der Waals surface area contributed by atoms with E-state index < -0.39 is 0 Å². The van der Waals surface area contributed by atoms with Crippen LogP contribution < -0.4 is 10.6 Å². The van der Waals surface area contributed by atoms with E-state index in [1.54, 1.807) is 12.1 Å². The van der Waals surface area contributed by atoms with Crippen LogP contribution in [0.4, 0.5) is 0 Å². The van der Waals surface area contributed by atoms with Crippen molar-refractivity contribution in [1.82, 2.24) is 10.6 Å². The Morgan fingerprint density at radius 1 is 1.27 bits per heavy atom. The molecule has 4 nitrogen and oxygen atoms in total. The monoisotopic (exact) mass is 414 g/mol. The fourth-order valence-corrected chi connectivity index (χ4v) is 3.40. The van der Waals surface area contributed by atoms with E-state index >= 15 is 0 Å². The van der Waals surface area contributed by atoms with Crippen molar-refractivity contribution in [1.29, 1.82) is 0 Å². The second-order valence-electron chi connectivity index (χ2n) is 4.31. The number of rotatable bonds is 3. The van der Waals surface area contributed by atoms with Crippen LogP contribution in [-0.4, -0.2) is 11.0 Å². The summed E-state index contributed by atoms with van der Waals surface area (Å²) in [6.07, 6.45) is 1.60. The summed E-state index contributed by atoms with van der Waals surface area (Å²) in [5, 5.41) is 6.93. The van der Waals surface area contributed by atoms with E-state index in [0.717, 1.165) is 9.37 Å². The Kier molecular flexibility index (Phi) is 4.58. The van der Waals surface area contributed by atoms with Gasteiger partial charge < -0.3 is 9.73 Å². The molecule has 0 radical (unpaired) electrons. The molecule has 8 heteroatoms. The molecule has 0 saturated carbocycles. The number of halogens is 2. The second-order valence-corrected chi connectivity index (χ2v) is 7.05. The first-order chi connectivity index (χ1) is 10.5. The number of hydrogen-bond donors (Lipinski definition) is 2. The van der Waals surface area contributed by atoms with Crippen molar-refractivity contribution in [3.8, 4) is 0 Å². The van der Waals surface area contributed by atoms with Crippen molar-refractivity contribution in [3.05, 3.63) is 51.3 Å². The van der Waals surface area contributed by atoms with Gasteiger partial charge in [0.15, 0.2) is 10.2 Å². The summed E-state index contributed by atoms with van der Waals surface area (Å²) in [5.74, 6) is 0.273. The van der Waals surface area contributed by atoms with Gasteiger partial charge in [-0.15, -0.1) is 0 Å². The SMILES string of the molecule is O=C1NC(=S)N/C1=C/c1cc(Br)c(Sc2ccc(Cl)cc2)o1. The Bertz CT molecular complexity index is 787. The van der Waals surface area contributed by atoms with E-state index in [1.807, 2.05) is 24.3 Å². The molecule has 0 bridgehead atoms. The Balaban J connectivity index is 1.82. The first-order valence-corrected chi connectivity index (χ1v) is 8.47. The molecule has 0 atom stereocenters. The van der Waals surface area contributed by atoms with E-state index in [2.05, 4.69) is 26.6 Å². The maximum absolute atomic E-state index is 11.6. The zero-order valence-electron chi connectivity index (χ0n) is 10.9. The van der Waals surface area contributed by atoms with Gasteiger partial charge in [-0.2, -0.15) is 0 Å². The van der Waals surface area contributed by atoms with Gasteiger partial charge in [-0.1, -0.05) is 23.4 Å². The van der Waals surface area contributed by atoms with Gasteiger partial charge >= 0.3 is 0 Å². The Morgan fingerprint density at radius 3 is 2.64 bits per heavy atom. The minimum absolute atomic E-state index is 0.274. The number of amides is 1. The van der Waals surface area contributed by atoms with Crippen LogP contribution in [0.5, 0.6) is 0 Å². The van der Waals surface area contributed by atoms with Crippen LogP contribution >= 0.6 is 51.5 Å². The third-order valence-electron chi connectivity index (χ3n) is 2.71. The smallest absolute Gasteiger partial charge is 0.274 e. The van der Waals surface area contributed by atoms with Gasteiger partial charge in [-0.3, -0.25) is 10.1 Å². The molecule has 2 N–H and O–H groups in total. The number of carbonyl (C=O) groups is 1. The maximum Gasteiger partial charge on any atom is 0.274 e. The molecule has 0 aliphatic carbocycles. The van der Waals surface area contributed by atoms with Crippen LogP contribution in [0.15, 0.2) is 54.9 Å². The maximum atomic E-state index is 11.6. The summed E-state index contributed by atoms with van der Waals surface area (Å²) in [4.78, 5) is 12.6. The zero-order valence-corrected chi connectivity index (χ0v) is 14.8. The van der Waals surface area contributed by atoms with Gasteiger partial charge in [0.25, 0.3) is 5.91 Å². The summed E-state index contributed by atoms with van der Waals surface area (Å²) in [6.45, 7) is 0. The van der Waals surface area contributed by atoms with Gasteiger partial charge in [0.1, 0.15) is 11.5 Å². The molecule has 1 aromatic carbocycles. The highest BCUT2D eigenvalue weighted by Gasteiger charge is 2.21. The molecule has 1 amide bonds. The predicted molar refractivity (Wildman–Crippen MR) is 93.8 cm³/mol. The van der Waals surface area contributed by atoms with E-state index in [1.165, 1.54) is 11.8 Å². The molecule has 112 valence electrons. The summed E-state index contributed by atoms with van der Waals surface area (Å²) in [7, 11) is 0. The Hall–Kier alpha value is -1.28. The molecular weight excluding hydrogens is 408 g/mol. The number of thiocarbonyl (C=S) groups is 1. The van der Waals surface area contributed by atoms with Crippen molar-refractivity contribution in [3.63, 3.8) is 0 Å². The largest absolute Gasteiger partial charge is 0.449 e. The minimum Gasteiger partial charge on any atom is -0.449 e. The number of nitrogens with one attached hydrogen (secondary N) is 2. The first-order valence-electron chi connectivity index (χ1n) is 6.08. The third kappa shape index (κ3) is 3.55. The summed E-state index contributed by atoms with van der Waals surface area (Å²) < 4.78 is 6.54. The standard InChI is InChI=1S/C14H8BrClN2O2S2/c15-10-5-8(6-11-12(19)18-14(21)17-11)20-13(10)22-9-3-1-7(16)2-4-9/h1-6H,(H2,17,18,19,21)/b11-6+. The molecule has 0 spiro atoms. The summed E-state index contributed by atoms with van der Waals surface area (Å²) in [6, 6.07) is 9.24. The second kappa shape index (κ2) is 6.45. The molecule has 2 heterocycles. The van der Waals surface area contributed by atoms with Crippen LogP contribution in [0, 0.1) is 0 Å². The molecule has 0 unspecified atom stereocenters. The lowest BCUT2D eigenvalue weighted by Gasteiger charge is -1.99. The number of benzene rings is 1. The van der Waals surface area contributed by atoms with E-state index in [4.69, 9.17) is 28.2 Å². The van der Waals surface area contributed by atoms with Gasteiger partial charge in [-0.25, -0.2) is 0 Å². The van der Waals surface area contributed by atoms with Crippen LogP contribution in [0.2, 0.25) is 5.02 Å². The molecular formula is C14H8BrClN2O2S2. The van der Waals surface area contributed by atoms with Crippen molar-refractivity contribution < 1.29 is 9.21 Å². The Labute approximate surface area is 149 Å². The normalized spacial score (nSPS) is 16.0. The van der Waals surface area contributed by atoms with Crippen molar-refractivity contribution in [2.45, 2.75) is 9.99 Å². The van der Waals surface area contributed by atoms with Crippen molar-refractivity contribution in [2.24, 2.45) is 0 Å². The lowest BCUT2D eigenvalue weighted by molar-refractivity contribution is -0.115. The summed E-state index contributed by atoms with van der Waals surface area (Å²) >= 11 is 15.6. The molecule has 22 heavy (non-hydrogen) atoms. The lowest BCUT2D eigenvalue weighted by Crippen LogP contribution is -2.21. The molecule has 2 aromatic rings. The number of furan rings is 1. The quantitative estimate of drug-likeness (QED) is 0.581. The van der Waals surface area contributed by atoms with Crippen LogP contribution in [-0.2, 0) is 4.79 Å². The van der Waals surface area contributed by atoms with Crippen molar-refractivity contribution in [2.75, 3.05) is 0 Å². The molecule has 1 aliphatic rings. The lowest BCUT2D eigenvalue weighted by atomic mass is 10.3. The van der Waals surface area contributed by atoms with Gasteiger partial charge in [-0.05, 0) is 58.5 Å². The minimum atomic E-state index is -0.274. The van der Waals surface area contributed by atoms with E-state index in [0.29, 0.717) is 21.6 Å². The molecule has 1 saturated heterocycles. The van der Waals surface area contributed by atoms with Gasteiger partial charge in [0.2, 0.25) is 0 Å². The number of hydrogen-bond acceptors (Lipinski definition) is 4. The van der Waals surface area contributed by atoms with E-state index in [9.17, 15) is 4.79 Å². The van der Waals surface area contributed by atoms with Crippen LogP contribution in [0.3, 0.4) is 0 Å². The topological polar surface area (TPSA) is 54.3 Å². The molecule has 1 aromatic heterocycles. The molecule has 1 aliphatic heterocycles. The van der Waals surface area contributed by atoms with Gasteiger partial charge in [0.05, 0.1) is 4.47 Å². The first kappa shape index (κ1) is 15.6. The highest BCUT2D eigenvalue weighted by atomic mass is 79.9. The predicted octanol–water partition coefficient (Wildman–Crippen LogP) is 4.19. The van der Waals surface area contributed by atoms with Crippen molar-refractivity contribution >= 4 is 68.6 Å². The fourth-order valence-electron chi connectivity index (χ4n) is 1.74. The molecule has 3 rings (SSSR count). The fraction of sp³-hybridized carbons (Fsp3) is 0. The highest BCUT2D eigenvalue weighted by Crippen LogP contribution is 2.36. The van der Waals surface area contributed by atoms with E-state index in [-0.39, 0.29) is 11.0 Å². The Morgan fingerprint density at radius 2 is 2.00 bits per heavy atom. The summed E-state index contributed by atoms with van der Waals surface area (Å²) in [5.41, 5.74) is 0.356. The average molecular weight is 416 g/mol. The zero-order chi connectivity index (χ0) is 15.7.